The number of fused-ring (bicyclic) bond motifs is 2. The first-order chi connectivity index (χ1) is 21.8. The lowest BCUT2D eigenvalue weighted by molar-refractivity contribution is -0.387. The molecule has 5 aliphatic rings. The SMILES string of the molecule is C=CCO[C@@H]1O[C@@H](C)[C@H](O[C@H]2O[C@@H]3CO[C@@H](c4ccccc4)O[C@H]3[C@H](OC(=O)C(C)(C)C)[C@H]2OC(C)C2CC2)[C@H]2OC(C)(C)O[C@@H]12. The average molecular weight is 647 g/mol. The van der Waals surface area contributed by atoms with Crippen molar-refractivity contribution in [1.29, 1.82) is 0 Å². The van der Waals surface area contributed by atoms with E-state index in [9.17, 15) is 4.79 Å². The van der Waals surface area contributed by atoms with Gasteiger partial charge in [-0.15, -0.1) is 6.58 Å². The molecule has 4 saturated heterocycles. The standard InChI is InChI=1S/C35H50O11/c1-9-17-37-31-29-27(45-35(7,8)46-29)24(20(3)40-31)42-32-28(39-19(2)21-15-16-21)26(44-33(36)34(4,5)6)25-23(41-32)18-38-30(43-25)22-13-11-10-12-14-22/h9-14,19-21,23-32H,1,15-18H2,2-8H3/t19?,20-,23+,24-,25+,26-,27+,28+,29+,30+,31+,32+/m0/s1. The summed E-state index contributed by atoms with van der Waals surface area (Å²) >= 11 is 0. The van der Waals surface area contributed by atoms with Gasteiger partial charge in [-0.1, -0.05) is 36.4 Å². The molecule has 5 fully saturated rings. The third kappa shape index (κ3) is 7.38. The predicted octanol–water partition coefficient (Wildman–Crippen LogP) is 4.82. The topological polar surface area (TPSA) is 109 Å². The molecule has 256 valence electrons. The average Bonchev–Trinajstić information content (AvgIpc) is 3.81. The van der Waals surface area contributed by atoms with E-state index in [1.54, 1.807) is 6.08 Å². The number of hydrogen-bond acceptors (Lipinski definition) is 11. The maximum atomic E-state index is 13.5. The quantitative estimate of drug-likeness (QED) is 0.258. The Balaban J connectivity index is 1.31. The van der Waals surface area contributed by atoms with Crippen molar-refractivity contribution in [3.05, 3.63) is 48.6 Å². The van der Waals surface area contributed by atoms with Gasteiger partial charge >= 0.3 is 5.97 Å². The second kappa shape index (κ2) is 13.5. The van der Waals surface area contributed by atoms with Gasteiger partial charge in [0.2, 0.25) is 0 Å². The fraction of sp³-hybridized carbons (Fsp3) is 0.743. The number of esters is 1. The van der Waals surface area contributed by atoms with Gasteiger partial charge in [0, 0.05) is 5.56 Å². The van der Waals surface area contributed by atoms with Crippen LogP contribution in [0.15, 0.2) is 43.0 Å². The molecule has 6 rings (SSSR count). The van der Waals surface area contributed by atoms with Crippen molar-refractivity contribution in [2.75, 3.05) is 13.2 Å². The molecular weight excluding hydrogens is 596 g/mol. The summed E-state index contributed by atoms with van der Waals surface area (Å²) in [6.07, 6.45) is -3.71. The van der Waals surface area contributed by atoms with Gasteiger partial charge in [0.05, 0.1) is 30.8 Å². The molecule has 0 aromatic heterocycles. The highest BCUT2D eigenvalue weighted by atomic mass is 16.8. The summed E-state index contributed by atoms with van der Waals surface area (Å²) in [5.74, 6) is -0.861. The summed E-state index contributed by atoms with van der Waals surface area (Å²) in [4.78, 5) is 13.5. The molecular formula is C35H50O11. The van der Waals surface area contributed by atoms with Crippen LogP contribution in [-0.4, -0.2) is 92.5 Å². The van der Waals surface area contributed by atoms with Crippen molar-refractivity contribution in [3.63, 3.8) is 0 Å². The van der Waals surface area contributed by atoms with Crippen LogP contribution in [0, 0.1) is 11.3 Å². The molecule has 11 nitrogen and oxygen atoms in total. The van der Waals surface area contributed by atoms with Crippen molar-refractivity contribution in [1.82, 2.24) is 0 Å². The first-order valence-corrected chi connectivity index (χ1v) is 16.6. The number of hydrogen-bond donors (Lipinski definition) is 0. The highest BCUT2D eigenvalue weighted by Gasteiger charge is 2.59. The van der Waals surface area contributed by atoms with E-state index in [1.807, 2.05) is 78.8 Å². The van der Waals surface area contributed by atoms with E-state index in [2.05, 4.69) is 6.58 Å². The van der Waals surface area contributed by atoms with E-state index in [-0.39, 0.29) is 18.7 Å². The van der Waals surface area contributed by atoms with Crippen LogP contribution in [0.3, 0.4) is 0 Å². The maximum Gasteiger partial charge on any atom is 0.311 e. The van der Waals surface area contributed by atoms with Gasteiger partial charge in [-0.3, -0.25) is 4.79 Å². The Kier molecular flexibility index (Phi) is 9.98. The zero-order chi connectivity index (χ0) is 32.8. The first kappa shape index (κ1) is 34.0. The Morgan fingerprint density at radius 3 is 2.39 bits per heavy atom. The molecule has 0 N–H and O–H groups in total. The van der Waals surface area contributed by atoms with E-state index < -0.39 is 78.9 Å². The lowest BCUT2D eigenvalue weighted by Crippen LogP contribution is -2.66. The highest BCUT2D eigenvalue weighted by Crippen LogP contribution is 2.44. The number of ether oxygens (including phenoxy) is 10. The molecule has 46 heavy (non-hydrogen) atoms. The van der Waals surface area contributed by atoms with Crippen LogP contribution in [0.25, 0.3) is 0 Å². The summed E-state index contributed by atoms with van der Waals surface area (Å²) in [6.45, 7) is 17.4. The molecule has 1 aliphatic carbocycles. The second-order valence-electron chi connectivity index (χ2n) is 14.5. The molecule has 0 amide bonds. The monoisotopic (exact) mass is 646 g/mol. The lowest BCUT2D eigenvalue weighted by Gasteiger charge is -2.51. The number of carbonyl (C=O) groups is 1. The second-order valence-corrected chi connectivity index (χ2v) is 14.5. The summed E-state index contributed by atoms with van der Waals surface area (Å²) in [7, 11) is 0. The third-order valence-electron chi connectivity index (χ3n) is 9.11. The molecule has 4 aliphatic heterocycles. The minimum atomic E-state index is -0.963. The van der Waals surface area contributed by atoms with E-state index >= 15 is 0 Å². The molecule has 12 atom stereocenters. The van der Waals surface area contributed by atoms with Gasteiger partial charge in [0.1, 0.15) is 36.6 Å². The van der Waals surface area contributed by atoms with Crippen LogP contribution in [0.4, 0.5) is 0 Å². The largest absolute Gasteiger partial charge is 0.456 e. The lowest BCUT2D eigenvalue weighted by atomic mass is 9.94. The van der Waals surface area contributed by atoms with Crippen LogP contribution in [-0.2, 0) is 52.2 Å². The first-order valence-electron chi connectivity index (χ1n) is 16.6. The molecule has 1 unspecified atom stereocenters. The van der Waals surface area contributed by atoms with Crippen molar-refractivity contribution in [2.45, 2.75) is 141 Å². The summed E-state index contributed by atoms with van der Waals surface area (Å²) < 4.78 is 64.1. The zero-order valence-corrected chi connectivity index (χ0v) is 28.0. The normalized spacial score (nSPS) is 39.6. The Morgan fingerprint density at radius 1 is 1.00 bits per heavy atom. The van der Waals surface area contributed by atoms with Crippen LogP contribution in [0.1, 0.15) is 73.2 Å². The van der Waals surface area contributed by atoms with Crippen molar-refractivity contribution < 1.29 is 52.2 Å². The van der Waals surface area contributed by atoms with Crippen molar-refractivity contribution >= 4 is 5.97 Å². The van der Waals surface area contributed by atoms with Gasteiger partial charge < -0.3 is 47.4 Å². The number of rotatable bonds is 10. The highest BCUT2D eigenvalue weighted by molar-refractivity contribution is 5.75. The Bertz CT molecular complexity index is 1200. The molecule has 0 bridgehead atoms. The zero-order valence-electron chi connectivity index (χ0n) is 28.0. The summed E-state index contributed by atoms with van der Waals surface area (Å²) in [6, 6.07) is 9.68. The molecule has 1 aromatic rings. The predicted molar refractivity (Wildman–Crippen MR) is 164 cm³/mol. The molecule has 11 heteroatoms. The van der Waals surface area contributed by atoms with E-state index in [1.165, 1.54) is 0 Å². The minimum absolute atomic E-state index is 0.119. The van der Waals surface area contributed by atoms with Gasteiger partial charge in [-0.2, -0.15) is 0 Å². The number of carbonyl (C=O) groups excluding carboxylic acids is 1. The van der Waals surface area contributed by atoms with Gasteiger partial charge in [0.15, 0.2) is 30.8 Å². The molecule has 0 radical (unpaired) electrons. The van der Waals surface area contributed by atoms with Crippen molar-refractivity contribution in [2.24, 2.45) is 11.3 Å². The van der Waals surface area contributed by atoms with E-state index in [4.69, 9.17) is 47.4 Å². The molecule has 1 saturated carbocycles. The Morgan fingerprint density at radius 2 is 1.72 bits per heavy atom. The Labute approximate surface area is 272 Å². The fourth-order valence-electron chi connectivity index (χ4n) is 6.49. The Hall–Kier alpha value is -1.93. The third-order valence-corrected chi connectivity index (χ3v) is 9.11. The van der Waals surface area contributed by atoms with Gasteiger partial charge in [-0.05, 0) is 67.2 Å². The molecule has 0 spiro atoms. The molecule has 4 heterocycles. The maximum absolute atomic E-state index is 13.5. The van der Waals surface area contributed by atoms with Crippen LogP contribution in [0.5, 0.6) is 0 Å². The van der Waals surface area contributed by atoms with Gasteiger partial charge in [-0.25, -0.2) is 0 Å². The van der Waals surface area contributed by atoms with Crippen LogP contribution >= 0.6 is 0 Å². The van der Waals surface area contributed by atoms with E-state index in [0.717, 1.165) is 18.4 Å². The van der Waals surface area contributed by atoms with Crippen LogP contribution in [0.2, 0.25) is 0 Å². The van der Waals surface area contributed by atoms with E-state index in [0.29, 0.717) is 12.5 Å². The molecule has 1 aromatic carbocycles. The van der Waals surface area contributed by atoms with Gasteiger partial charge in [0.25, 0.3) is 0 Å². The smallest absolute Gasteiger partial charge is 0.311 e. The fourth-order valence-corrected chi connectivity index (χ4v) is 6.49. The summed E-state index contributed by atoms with van der Waals surface area (Å²) in [5.41, 5.74) is 0.0957. The van der Waals surface area contributed by atoms with Crippen molar-refractivity contribution in [3.8, 4) is 0 Å². The summed E-state index contributed by atoms with van der Waals surface area (Å²) in [5, 5.41) is 0. The number of benzene rings is 1. The minimum Gasteiger partial charge on any atom is -0.456 e. The van der Waals surface area contributed by atoms with Crippen LogP contribution < -0.4 is 0 Å².